The number of hydrogen-bond acceptors (Lipinski definition) is 5. The van der Waals surface area contributed by atoms with Gasteiger partial charge in [-0.2, -0.15) is 13.2 Å². The van der Waals surface area contributed by atoms with Crippen LogP contribution in [0, 0.1) is 0 Å². The lowest BCUT2D eigenvalue weighted by Gasteiger charge is -2.12. The first kappa shape index (κ1) is 23.8. The Morgan fingerprint density at radius 2 is 1.88 bits per heavy atom. The molecular weight excluding hydrogens is 489 g/mol. The average molecular weight is 505 g/mol. The Kier molecular flexibility index (Phi) is 6.37. The lowest BCUT2D eigenvalue weighted by molar-refractivity contribution is -0.137. The first-order valence-electron chi connectivity index (χ1n) is 9.78. The number of fused-ring (bicyclic) bond motifs is 1. The van der Waals surface area contributed by atoms with Crippen LogP contribution in [-0.4, -0.2) is 26.7 Å². The number of alkyl halides is 3. The molecule has 1 N–H and O–H groups in total. The monoisotopic (exact) mass is 504 g/mol. The van der Waals surface area contributed by atoms with Gasteiger partial charge in [-0.3, -0.25) is 14.2 Å². The van der Waals surface area contributed by atoms with Crippen molar-refractivity contribution >= 4 is 46.0 Å². The number of aryl methyl sites for hydroxylation is 1. The molecule has 0 atom stereocenters. The molecule has 0 aliphatic carbocycles. The predicted molar refractivity (Wildman–Crippen MR) is 126 cm³/mol. The van der Waals surface area contributed by atoms with Crippen molar-refractivity contribution < 1.29 is 18.0 Å². The van der Waals surface area contributed by atoms with Gasteiger partial charge in [0.1, 0.15) is 5.65 Å². The number of amides is 1. The molecule has 0 bridgehead atoms. The molecule has 0 aliphatic heterocycles. The van der Waals surface area contributed by atoms with Crippen molar-refractivity contribution in [2.24, 2.45) is 7.05 Å². The number of aromatic nitrogens is 3. The number of carbonyl (C=O) groups excluding carboxylic acids is 1. The molecule has 0 aliphatic rings. The minimum Gasteiger partial charge on any atom is -0.322 e. The lowest BCUT2D eigenvalue weighted by Crippen LogP contribution is -2.20. The molecule has 0 unspecified atom stereocenters. The molecular formula is C23H16ClF3N4O2S. The number of hydrogen-bond donors (Lipinski definition) is 1. The average Bonchev–Trinajstić information content (AvgIpc) is 2.82. The van der Waals surface area contributed by atoms with E-state index < -0.39 is 17.6 Å². The minimum atomic E-state index is -4.57. The van der Waals surface area contributed by atoms with E-state index in [0.29, 0.717) is 21.8 Å². The number of halogens is 4. The van der Waals surface area contributed by atoms with Crippen LogP contribution in [0.15, 0.2) is 64.7 Å². The summed E-state index contributed by atoms with van der Waals surface area (Å²) >= 11 is 7.71. The number of thioether (sulfide) groups is 1. The molecule has 11 heteroatoms. The molecule has 0 fully saturated rings. The highest BCUT2D eigenvalue weighted by Gasteiger charge is 2.31. The number of nitrogens with zero attached hydrogens (tertiary/aromatic N) is 3. The van der Waals surface area contributed by atoms with Crippen LogP contribution in [0.25, 0.3) is 22.2 Å². The largest absolute Gasteiger partial charge is 0.416 e. The summed E-state index contributed by atoms with van der Waals surface area (Å²) in [4.78, 5) is 34.3. The Morgan fingerprint density at radius 1 is 1.12 bits per heavy atom. The number of rotatable bonds is 4. The summed E-state index contributed by atoms with van der Waals surface area (Å²) in [6, 6.07) is 10.2. The summed E-state index contributed by atoms with van der Waals surface area (Å²) < 4.78 is 40.3. The number of carbonyl (C=O) groups is 1. The topological polar surface area (TPSA) is 76.9 Å². The highest BCUT2D eigenvalue weighted by molar-refractivity contribution is 7.98. The molecule has 34 heavy (non-hydrogen) atoms. The Morgan fingerprint density at radius 3 is 2.59 bits per heavy atom. The quantitative estimate of drug-likeness (QED) is 0.287. The zero-order valence-corrected chi connectivity index (χ0v) is 19.3. The van der Waals surface area contributed by atoms with Gasteiger partial charge in [0.2, 0.25) is 0 Å². The minimum absolute atomic E-state index is 0.158. The zero-order chi connectivity index (χ0) is 24.6. The van der Waals surface area contributed by atoms with Crippen LogP contribution < -0.4 is 10.9 Å². The lowest BCUT2D eigenvalue weighted by atomic mass is 10.0. The number of nitrogens with one attached hydrogen (secondary N) is 1. The van der Waals surface area contributed by atoms with Gasteiger partial charge in [0.05, 0.1) is 5.56 Å². The summed E-state index contributed by atoms with van der Waals surface area (Å²) in [5.41, 5.74) is -0.119. The van der Waals surface area contributed by atoms with Crippen molar-refractivity contribution in [2.75, 3.05) is 11.6 Å². The van der Waals surface area contributed by atoms with Gasteiger partial charge >= 0.3 is 6.18 Å². The Bertz CT molecular complexity index is 1490. The molecule has 4 rings (SSSR count). The maximum atomic E-state index is 13.1. The first-order valence-corrected chi connectivity index (χ1v) is 11.4. The molecule has 4 aromatic rings. The molecule has 0 radical (unpaired) electrons. The fourth-order valence-electron chi connectivity index (χ4n) is 3.37. The second kappa shape index (κ2) is 9.11. The predicted octanol–water partition coefficient (Wildman–Crippen LogP) is 5.64. The van der Waals surface area contributed by atoms with Crippen molar-refractivity contribution in [3.05, 3.63) is 81.2 Å². The normalized spacial score (nSPS) is 11.6. The summed E-state index contributed by atoms with van der Waals surface area (Å²) in [7, 11) is 1.58. The van der Waals surface area contributed by atoms with Gasteiger partial charge in [-0.25, -0.2) is 9.97 Å². The van der Waals surface area contributed by atoms with E-state index in [4.69, 9.17) is 11.6 Å². The zero-order valence-electron chi connectivity index (χ0n) is 17.8. The molecule has 1 amide bonds. The number of anilines is 1. The molecule has 2 aromatic carbocycles. The van der Waals surface area contributed by atoms with Crippen LogP contribution in [0.4, 0.5) is 18.9 Å². The van der Waals surface area contributed by atoms with Gasteiger partial charge < -0.3 is 5.32 Å². The van der Waals surface area contributed by atoms with E-state index in [9.17, 15) is 22.8 Å². The van der Waals surface area contributed by atoms with E-state index in [2.05, 4.69) is 15.3 Å². The Balaban J connectivity index is 1.72. The van der Waals surface area contributed by atoms with Crippen LogP contribution >= 0.6 is 23.4 Å². The van der Waals surface area contributed by atoms with E-state index in [0.717, 1.165) is 18.2 Å². The SMILES string of the molecule is CSc1ncc2cc(-c3cc(NC(=O)c4cccc(C(F)(F)F)c4)ccc3Cl)c(=O)n(C)c2n1. The van der Waals surface area contributed by atoms with Gasteiger partial charge in [0.25, 0.3) is 11.5 Å². The van der Waals surface area contributed by atoms with E-state index in [1.165, 1.54) is 40.6 Å². The third kappa shape index (κ3) is 4.64. The molecule has 174 valence electrons. The van der Waals surface area contributed by atoms with Gasteiger partial charge in [-0.05, 0) is 48.7 Å². The van der Waals surface area contributed by atoms with E-state index in [-0.39, 0.29) is 27.4 Å². The molecule has 0 saturated carbocycles. The van der Waals surface area contributed by atoms with E-state index >= 15 is 0 Å². The standard InChI is InChI=1S/C23H16ClF3N4O2S/c1-31-19-13(11-28-22(30-19)34-2)9-17(21(31)33)16-10-15(6-7-18(16)24)29-20(32)12-4-3-5-14(8-12)23(25,26)27/h3-11H,1-2H3,(H,29,32). The van der Waals surface area contributed by atoms with Gasteiger partial charge in [0, 0.05) is 46.0 Å². The van der Waals surface area contributed by atoms with Crippen LogP contribution in [0.3, 0.4) is 0 Å². The Hall–Kier alpha value is -3.37. The fraction of sp³-hybridized carbons (Fsp3) is 0.130. The van der Waals surface area contributed by atoms with Crippen LogP contribution in [0.1, 0.15) is 15.9 Å². The van der Waals surface area contributed by atoms with Crippen molar-refractivity contribution in [1.29, 1.82) is 0 Å². The maximum Gasteiger partial charge on any atom is 0.416 e. The first-order chi connectivity index (χ1) is 16.1. The molecule has 6 nitrogen and oxygen atoms in total. The highest BCUT2D eigenvalue weighted by atomic mass is 35.5. The third-order valence-corrected chi connectivity index (χ3v) is 5.97. The fourth-order valence-corrected chi connectivity index (χ4v) is 3.93. The van der Waals surface area contributed by atoms with Crippen molar-refractivity contribution in [1.82, 2.24) is 14.5 Å². The van der Waals surface area contributed by atoms with Crippen LogP contribution in [0.2, 0.25) is 5.02 Å². The van der Waals surface area contributed by atoms with Gasteiger partial charge in [-0.15, -0.1) is 0 Å². The van der Waals surface area contributed by atoms with E-state index in [1.54, 1.807) is 19.3 Å². The van der Waals surface area contributed by atoms with Crippen LogP contribution in [-0.2, 0) is 13.2 Å². The highest BCUT2D eigenvalue weighted by Crippen LogP contribution is 2.32. The van der Waals surface area contributed by atoms with Crippen LogP contribution in [0.5, 0.6) is 0 Å². The second-order valence-electron chi connectivity index (χ2n) is 7.29. The molecule has 2 heterocycles. The second-order valence-corrected chi connectivity index (χ2v) is 8.47. The van der Waals surface area contributed by atoms with Gasteiger partial charge in [0.15, 0.2) is 5.16 Å². The van der Waals surface area contributed by atoms with Gasteiger partial charge in [-0.1, -0.05) is 29.4 Å². The molecule has 0 spiro atoms. The summed E-state index contributed by atoms with van der Waals surface area (Å²) in [6.45, 7) is 0. The molecule has 2 aromatic heterocycles. The maximum absolute atomic E-state index is 13.1. The summed E-state index contributed by atoms with van der Waals surface area (Å²) in [6.07, 6.45) is -1.14. The number of pyridine rings is 1. The smallest absolute Gasteiger partial charge is 0.322 e. The summed E-state index contributed by atoms with van der Waals surface area (Å²) in [5.74, 6) is -0.733. The van der Waals surface area contributed by atoms with Crippen molar-refractivity contribution in [3.63, 3.8) is 0 Å². The van der Waals surface area contributed by atoms with Crippen molar-refractivity contribution in [2.45, 2.75) is 11.3 Å². The Labute approximate surface area is 200 Å². The van der Waals surface area contributed by atoms with Crippen molar-refractivity contribution in [3.8, 4) is 11.1 Å². The summed E-state index contributed by atoms with van der Waals surface area (Å²) in [5, 5.41) is 3.95. The number of benzene rings is 2. The molecule has 0 saturated heterocycles. The third-order valence-electron chi connectivity index (χ3n) is 5.08. The van der Waals surface area contributed by atoms with E-state index in [1.807, 2.05) is 6.26 Å².